The fourth-order valence-corrected chi connectivity index (χ4v) is 2.01. The molecule has 2 aromatic rings. The van der Waals surface area contributed by atoms with Crippen molar-refractivity contribution in [3.63, 3.8) is 0 Å². The van der Waals surface area contributed by atoms with Gasteiger partial charge < -0.3 is 10.5 Å². The summed E-state index contributed by atoms with van der Waals surface area (Å²) in [5, 5.41) is 0.568. The zero-order chi connectivity index (χ0) is 9.26. The van der Waals surface area contributed by atoms with Gasteiger partial charge in [0.05, 0.1) is 10.2 Å². The van der Waals surface area contributed by atoms with E-state index in [4.69, 9.17) is 5.73 Å². The predicted molar refractivity (Wildman–Crippen MR) is 53.8 cm³/mol. The number of nitrogens with zero attached hydrogens (tertiary/aromatic N) is 1. The molecule has 1 aromatic heterocycles. The summed E-state index contributed by atoms with van der Waals surface area (Å²) in [4.78, 5) is 14.4. The van der Waals surface area contributed by atoms with Crippen molar-refractivity contribution in [3.05, 3.63) is 23.8 Å². The Balaban J connectivity index is 2.54. The van der Waals surface area contributed by atoms with Crippen molar-refractivity contribution in [2.45, 2.75) is 6.42 Å². The normalized spacial score (nSPS) is 10.5. The van der Waals surface area contributed by atoms with Gasteiger partial charge >= 0.3 is 0 Å². The first-order chi connectivity index (χ1) is 6.29. The average molecular weight is 192 g/mol. The number of thiazole rings is 1. The van der Waals surface area contributed by atoms with Crippen LogP contribution in [0.5, 0.6) is 0 Å². The zero-order valence-corrected chi connectivity index (χ0v) is 7.67. The lowest BCUT2D eigenvalue weighted by Gasteiger charge is -1.92. The minimum atomic E-state index is 0.452. The smallest absolute Gasteiger partial charge is 0.181 e. The van der Waals surface area contributed by atoms with Crippen LogP contribution in [0.3, 0.4) is 0 Å². The summed E-state index contributed by atoms with van der Waals surface area (Å²) in [6.45, 7) is 0. The van der Waals surface area contributed by atoms with Crippen LogP contribution in [0.4, 0.5) is 5.13 Å². The molecule has 0 saturated carbocycles. The van der Waals surface area contributed by atoms with Gasteiger partial charge in [-0.05, 0) is 17.7 Å². The lowest BCUT2D eigenvalue weighted by atomic mass is 10.2. The van der Waals surface area contributed by atoms with Crippen molar-refractivity contribution >= 4 is 33.0 Å². The molecule has 1 aromatic carbocycles. The second kappa shape index (κ2) is 3.14. The highest BCUT2D eigenvalue weighted by Gasteiger charge is 2.01. The maximum Gasteiger partial charge on any atom is 0.181 e. The Morgan fingerprint density at radius 1 is 1.54 bits per heavy atom. The molecule has 0 amide bonds. The number of rotatable bonds is 2. The molecule has 3 nitrogen and oxygen atoms in total. The SMILES string of the molecule is Nc1nc2ccc(CC=O)cc2s1. The fraction of sp³-hybridized carbons (Fsp3) is 0.111. The van der Waals surface area contributed by atoms with Gasteiger partial charge in [0.2, 0.25) is 0 Å². The first kappa shape index (κ1) is 8.19. The quantitative estimate of drug-likeness (QED) is 0.735. The molecule has 2 N–H and O–H groups in total. The van der Waals surface area contributed by atoms with Crippen LogP contribution in [0.1, 0.15) is 5.56 Å². The number of anilines is 1. The van der Waals surface area contributed by atoms with Crippen molar-refractivity contribution < 1.29 is 4.79 Å². The number of benzene rings is 1. The monoisotopic (exact) mass is 192 g/mol. The van der Waals surface area contributed by atoms with Gasteiger partial charge in [-0.15, -0.1) is 0 Å². The number of fused-ring (bicyclic) bond motifs is 1. The van der Waals surface area contributed by atoms with Crippen LogP contribution in [-0.4, -0.2) is 11.3 Å². The molecule has 66 valence electrons. The van der Waals surface area contributed by atoms with E-state index in [2.05, 4.69) is 4.98 Å². The van der Waals surface area contributed by atoms with Gasteiger partial charge in [0.1, 0.15) is 6.29 Å². The summed E-state index contributed by atoms with van der Waals surface area (Å²) in [5.41, 5.74) is 7.46. The summed E-state index contributed by atoms with van der Waals surface area (Å²) >= 11 is 1.44. The number of nitrogen functional groups attached to an aromatic ring is 1. The molecule has 0 bridgehead atoms. The van der Waals surface area contributed by atoms with Crippen LogP contribution >= 0.6 is 11.3 Å². The molecule has 0 atom stereocenters. The highest BCUT2D eigenvalue weighted by molar-refractivity contribution is 7.22. The van der Waals surface area contributed by atoms with Crippen LogP contribution in [0.15, 0.2) is 18.2 Å². The Morgan fingerprint density at radius 2 is 2.38 bits per heavy atom. The highest BCUT2D eigenvalue weighted by atomic mass is 32.1. The van der Waals surface area contributed by atoms with Crippen LogP contribution in [0, 0.1) is 0 Å². The van der Waals surface area contributed by atoms with Crippen molar-refractivity contribution in [2.24, 2.45) is 0 Å². The van der Waals surface area contributed by atoms with Crippen LogP contribution < -0.4 is 5.73 Å². The average Bonchev–Trinajstić information content (AvgIpc) is 2.44. The molecule has 0 saturated heterocycles. The molecule has 0 aliphatic carbocycles. The van der Waals surface area contributed by atoms with E-state index in [1.165, 1.54) is 11.3 Å². The molecule has 2 rings (SSSR count). The topological polar surface area (TPSA) is 56.0 Å². The molecule has 0 fully saturated rings. The van der Waals surface area contributed by atoms with Crippen molar-refractivity contribution in [2.75, 3.05) is 5.73 Å². The summed E-state index contributed by atoms with van der Waals surface area (Å²) in [7, 11) is 0. The Bertz CT molecular complexity index is 450. The number of carbonyl (C=O) groups excluding carboxylic acids is 1. The maximum absolute atomic E-state index is 10.3. The number of nitrogens with two attached hydrogens (primary N) is 1. The highest BCUT2D eigenvalue weighted by Crippen LogP contribution is 2.24. The first-order valence-electron chi connectivity index (χ1n) is 3.88. The molecule has 0 aliphatic rings. The molecular weight excluding hydrogens is 184 g/mol. The Labute approximate surface area is 79.2 Å². The van der Waals surface area contributed by atoms with Gasteiger partial charge in [0.15, 0.2) is 5.13 Å². The minimum absolute atomic E-state index is 0.452. The first-order valence-corrected chi connectivity index (χ1v) is 4.70. The van der Waals surface area contributed by atoms with Gasteiger partial charge in [-0.3, -0.25) is 0 Å². The van der Waals surface area contributed by atoms with E-state index in [1.54, 1.807) is 0 Å². The van der Waals surface area contributed by atoms with E-state index in [1.807, 2.05) is 18.2 Å². The van der Waals surface area contributed by atoms with Crippen LogP contribution in [0.25, 0.3) is 10.2 Å². The number of aldehydes is 1. The molecule has 1 heterocycles. The van der Waals surface area contributed by atoms with Gasteiger partial charge in [0, 0.05) is 6.42 Å². The zero-order valence-electron chi connectivity index (χ0n) is 6.86. The molecular formula is C9H8N2OS. The minimum Gasteiger partial charge on any atom is -0.375 e. The van der Waals surface area contributed by atoms with Crippen molar-refractivity contribution in [1.29, 1.82) is 0 Å². The van der Waals surface area contributed by atoms with E-state index >= 15 is 0 Å². The predicted octanol–water partition coefficient (Wildman–Crippen LogP) is 1.62. The number of hydrogen-bond donors (Lipinski definition) is 1. The van der Waals surface area contributed by atoms with Gasteiger partial charge in [0.25, 0.3) is 0 Å². The van der Waals surface area contributed by atoms with Crippen LogP contribution in [0.2, 0.25) is 0 Å². The summed E-state index contributed by atoms with van der Waals surface area (Å²) in [6, 6.07) is 5.74. The number of aromatic nitrogens is 1. The van der Waals surface area contributed by atoms with Gasteiger partial charge in [-0.1, -0.05) is 17.4 Å². The van der Waals surface area contributed by atoms with E-state index in [-0.39, 0.29) is 0 Å². The second-order valence-corrected chi connectivity index (χ2v) is 3.79. The fourth-order valence-electron chi connectivity index (χ4n) is 1.21. The summed E-state index contributed by atoms with van der Waals surface area (Å²) in [5.74, 6) is 0. The lowest BCUT2D eigenvalue weighted by molar-refractivity contribution is -0.107. The second-order valence-electron chi connectivity index (χ2n) is 2.72. The Hall–Kier alpha value is -1.42. The maximum atomic E-state index is 10.3. The van der Waals surface area contributed by atoms with Gasteiger partial charge in [-0.25, -0.2) is 4.98 Å². The lowest BCUT2D eigenvalue weighted by Crippen LogP contribution is -1.84. The third-order valence-electron chi connectivity index (χ3n) is 1.79. The summed E-state index contributed by atoms with van der Waals surface area (Å²) < 4.78 is 1.04. The Kier molecular flexibility index (Phi) is 1.98. The van der Waals surface area contributed by atoms with E-state index in [9.17, 15) is 4.79 Å². The van der Waals surface area contributed by atoms with Crippen molar-refractivity contribution in [3.8, 4) is 0 Å². The molecule has 0 radical (unpaired) electrons. The molecule has 0 spiro atoms. The van der Waals surface area contributed by atoms with E-state index in [0.29, 0.717) is 11.6 Å². The standard InChI is InChI=1S/C9H8N2OS/c10-9-11-7-2-1-6(3-4-12)5-8(7)13-9/h1-2,4-5H,3H2,(H2,10,11). The molecule has 4 heteroatoms. The van der Waals surface area contributed by atoms with E-state index < -0.39 is 0 Å². The third-order valence-corrected chi connectivity index (χ3v) is 2.64. The molecule has 0 aliphatic heterocycles. The molecule has 0 unspecified atom stereocenters. The summed E-state index contributed by atoms with van der Waals surface area (Å²) in [6.07, 6.45) is 1.35. The van der Waals surface area contributed by atoms with Gasteiger partial charge in [-0.2, -0.15) is 0 Å². The van der Waals surface area contributed by atoms with Crippen molar-refractivity contribution in [1.82, 2.24) is 4.98 Å². The molecule has 13 heavy (non-hydrogen) atoms. The third kappa shape index (κ3) is 1.53. The largest absolute Gasteiger partial charge is 0.375 e. The Morgan fingerprint density at radius 3 is 3.15 bits per heavy atom. The number of carbonyl (C=O) groups is 1. The van der Waals surface area contributed by atoms with Crippen LogP contribution in [-0.2, 0) is 11.2 Å². The number of hydrogen-bond acceptors (Lipinski definition) is 4. The van der Waals surface area contributed by atoms with E-state index in [0.717, 1.165) is 22.1 Å².